The number of aromatic nitrogens is 2. The predicted molar refractivity (Wildman–Crippen MR) is 58.5 cm³/mol. The largest absolute Gasteiger partial charge is 0.242 e. The van der Waals surface area contributed by atoms with Crippen molar-refractivity contribution in [2.75, 3.05) is 0 Å². The summed E-state index contributed by atoms with van der Waals surface area (Å²) in [7, 11) is 0. The summed E-state index contributed by atoms with van der Waals surface area (Å²) in [6, 6.07) is 0. The van der Waals surface area contributed by atoms with Gasteiger partial charge in [-0.15, -0.1) is 0 Å². The van der Waals surface area contributed by atoms with E-state index >= 15 is 0 Å². The van der Waals surface area contributed by atoms with Gasteiger partial charge in [0.05, 0.1) is 6.20 Å². The van der Waals surface area contributed by atoms with Gasteiger partial charge >= 0.3 is 0 Å². The van der Waals surface area contributed by atoms with Crippen molar-refractivity contribution >= 4 is 18.2 Å². The first-order valence-electron chi connectivity index (χ1n) is 4.45. The summed E-state index contributed by atoms with van der Waals surface area (Å²) in [6.45, 7) is 11.5. The fourth-order valence-corrected chi connectivity index (χ4v) is 0.859. The Morgan fingerprint density at radius 2 is 2.15 bits per heavy atom. The number of hydrogen-bond acceptors (Lipinski definition) is 2. The van der Waals surface area contributed by atoms with Gasteiger partial charge in [0, 0.05) is 18.0 Å². The van der Waals surface area contributed by atoms with Crippen molar-refractivity contribution in [1.82, 2.24) is 9.78 Å². The summed E-state index contributed by atoms with van der Waals surface area (Å²) in [5, 5.41) is 4.04. The third-order valence-corrected chi connectivity index (χ3v) is 1.37. The van der Waals surface area contributed by atoms with E-state index in [1.165, 1.54) is 0 Å². The third-order valence-electron chi connectivity index (χ3n) is 1.37. The Morgan fingerprint density at radius 3 is 2.62 bits per heavy atom. The minimum atomic E-state index is 0.850. The average Bonchev–Trinajstić information content (AvgIpc) is 2.52. The maximum Gasteiger partial charge on any atom is 0.157 e. The van der Waals surface area contributed by atoms with Crippen LogP contribution in [0.25, 0.3) is 6.20 Å². The van der Waals surface area contributed by atoms with E-state index < -0.39 is 0 Å². The zero-order valence-corrected chi connectivity index (χ0v) is 8.78. The highest BCUT2D eigenvalue weighted by molar-refractivity contribution is 5.61. The van der Waals surface area contributed by atoms with E-state index in [4.69, 9.17) is 0 Å². The van der Waals surface area contributed by atoms with Crippen LogP contribution in [0.4, 0.5) is 5.82 Å². The van der Waals surface area contributed by atoms with Gasteiger partial charge in [-0.2, -0.15) is 5.10 Å². The van der Waals surface area contributed by atoms with Crippen LogP contribution in [0.1, 0.15) is 26.3 Å². The quantitative estimate of drug-likeness (QED) is 0.642. The number of aliphatic imine (C=N–C) groups is 1. The maximum absolute atomic E-state index is 4.14. The molecule has 0 radical (unpaired) electrons. The molecule has 0 unspecified atom stereocenters. The molecule has 13 heavy (non-hydrogen) atoms. The van der Waals surface area contributed by atoms with Crippen molar-refractivity contribution in [3.8, 4) is 0 Å². The summed E-state index contributed by atoms with van der Waals surface area (Å²) in [4.78, 5) is 4.14. The second-order valence-electron chi connectivity index (χ2n) is 2.17. The molecule has 0 fully saturated rings. The van der Waals surface area contributed by atoms with Crippen LogP contribution in [0.3, 0.4) is 0 Å². The maximum atomic E-state index is 4.14. The second kappa shape index (κ2) is 6.17. The Kier molecular flexibility index (Phi) is 5.52. The molecule has 0 atom stereocenters. The van der Waals surface area contributed by atoms with Crippen LogP contribution in [0.15, 0.2) is 17.8 Å². The van der Waals surface area contributed by atoms with Gasteiger partial charge < -0.3 is 0 Å². The van der Waals surface area contributed by atoms with Gasteiger partial charge in [-0.1, -0.05) is 20.4 Å². The van der Waals surface area contributed by atoms with Crippen molar-refractivity contribution in [3.63, 3.8) is 0 Å². The number of nitrogens with zero attached hydrogens (tertiary/aromatic N) is 3. The topological polar surface area (TPSA) is 30.2 Å². The lowest BCUT2D eigenvalue weighted by molar-refractivity contribution is 0.935. The van der Waals surface area contributed by atoms with Gasteiger partial charge in [0.2, 0.25) is 0 Å². The van der Waals surface area contributed by atoms with E-state index in [9.17, 15) is 0 Å². The molecule has 0 aliphatic carbocycles. The van der Waals surface area contributed by atoms with Crippen molar-refractivity contribution in [1.29, 1.82) is 0 Å². The SMILES string of the molecule is C=Cn1ncc(C)c1/N=C\C.CC. The third kappa shape index (κ3) is 2.86. The smallest absolute Gasteiger partial charge is 0.157 e. The molecule has 0 saturated heterocycles. The normalized spacial score (nSPS) is 9.54. The van der Waals surface area contributed by atoms with E-state index in [0.29, 0.717) is 0 Å². The lowest BCUT2D eigenvalue weighted by Gasteiger charge is -1.94. The summed E-state index contributed by atoms with van der Waals surface area (Å²) >= 11 is 0. The van der Waals surface area contributed by atoms with Gasteiger partial charge in [-0.05, 0) is 13.8 Å². The highest BCUT2D eigenvalue weighted by Gasteiger charge is 2.00. The standard InChI is InChI=1S/C8H11N3.C2H6/c1-4-9-8-7(3)6-10-11(8)5-2;1-2/h4-6H,2H2,1,3H3;1-2H3/b9-4-;. The molecule has 0 saturated carbocycles. The molecule has 1 aromatic heterocycles. The Bertz CT molecular complexity index is 284. The molecule has 0 aromatic carbocycles. The molecule has 1 aromatic rings. The van der Waals surface area contributed by atoms with Crippen LogP contribution in [0.2, 0.25) is 0 Å². The second-order valence-corrected chi connectivity index (χ2v) is 2.17. The summed E-state index contributed by atoms with van der Waals surface area (Å²) in [5.41, 5.74) is 1.06. The first-order chi connectivity index (χ1) is 6.29. The monoisotopic (exact) mass is 179 g/mol. The van der Waals surface area contributed by atoms with Gasteiger partial charge in [-0.3, -0.25) is 0 Å². The van der Waals surface area contributed by atoms with Crippen LogP contribution in [0.5, 0.6) is 0 Å². The van der Waals surface area contributed by atoms with Gasteiger partial charge in [0.25, 0.3) is 0 Å². The molecular formula is C10H17N3. The minimum absolute atomic E-state index is 0.850. The number of aryl methyl sites for hydroxylation is 1. The molecule has 0 aliphatic heterocycles. The first kappa shape index (κ1) is 11.6. The Balaban J connectivity index is 0.000000671. The molecule has 0 amide bonds. The van der Waals surface area contributed by atoms with E-state index in [0.717, 1.165) is 11.4 Å². The molecule has 1 rings (SSSR count). The molecule has 72 valence electrons. The first-order valence-corrected chi connectivity index (χ1v) is 4.45. The Hall–Kier alpha value is -1.38. The summed E-state index contributed by atoms with van der Waals surface area (Å²) < 4.78 is 1.65. The molecule has 1 heterocycles. The van der Waals surface area contributed by atoms with E-state index in [1.807, 2.05) is 27.7 Å². The fraction of sp³-hybridized carbons (Fsp3) is 0.400. The lowest BCUT2D eigenvalue weighted by Crippen LogP contribution is -1.85. The van der Waals surface area contributed by atoms with Crippen LogP contribution in [0, 0.1) is 6.92 Å². The highest BCUT2D eigenvalue weighted by atomic mass is 15.3. The summed E-state index contributed by atoms with van der Waals surface area (Å²) in [6.07, 6.45) is 5.14. The molecule has 0 aliphatic rings. The lowest BCUT2D eigenvalue weighted by atomic mass is 10.4. The van der Waals surface area contributed by atoms with Crippen LogP contribution >= 0.6 is 0 Å². The van der Waals surface area contributed by atoms with Gasteiger partial charge in [0.1, 0.15) is 0 Å². The Labute approximate surface area is 79.8 Å². The molecule has 0 N–H and O–H groups in total. The average molecular weight is 179 g/mol. The van der Waals surface area contributed by atoms with Crippen LogP contribution < -0.4 is 0 Å². The van der Waals surface area contributed by atoms with Crippen LogP contribution in [-0.4, -0.2) is 16.0 Å². The molecule has 0 spiro atoms. The molecule has 3 heteroatoms. The van der Waals surface area contributed by atoms with Crippen molar-refractivity contribution in [2.24, 2.45) is 4.99 Å². The summed E-state index contributed by atoms with van der Waals surface area (Å²) in [5.74, 6) is 0.850. The van der Waals surface area contributed by atoms with Gasteiger partial charge in [0.15, 0.2) is 5.82 Å². The minimum Gasteiger partial charge on any atom is -0.242 e. The predicted octanol–water partition coefficient (Wildman–Crippen LogP) is 3.04. The zero-order valence-electron chi connectivity index (χ0n) is 8.78. The van der Waals surface area contributed by atoms with E-state index in [-0.39, 0.29) is 0 Å². The van der Waals surface area contributed by atoms with Crippen molar-refractivity contribution in [3.05, 3.63) is 18.3 Å². The van der Waals surface area contributed by atoms with E-state index in [2.05, 4.69) is 16.7 Å². The Morgan fingerprint density at radius 1 is 1.54 bits per heavy atom. The van der Waals surface area contributed by atoms with E-state index in [1.54, 1.807) is 23.3 Å². The number of rotatable bonds is 2. The molecular weight excluding hydrogens is 162 g/mol. The zero-order chi connectivity index (χ0) is 10.3. The molecule has 3 nitrogen and oxygen atoms in total. The van der Waals surface area contributed by atoms with Gasteiger partial charge in [-0.25, -0.2) is 9.67 Å². The fourth-order valence-electron chi connectivity index (χ4n) is 0.859. The molecule has 0 bridgehead atoms. The van der Waals surface area contributed by atoms with Crippen molar-refractivity contribution < 1.29 is 0 Å². The number of hydrogen-bond donors (Lipinski definition) is 0. The highest BCUT2D eigenvalue weighted by Crippen LogP contribution is 2.16. The van der Waals surface area contributed by atoms with Crippen LogP contribution in [-0.2, 0) is 0 Å². The van der Waals surface area contributed by atoms with Crippen molar-refractivity contribution in [2.45, 2.75) is 27.7 Å².